The third kappa shape index (κ3) is 5.52. The summed E-state index contributed by atoms with van der Waals surface area (Å²) in [6, 6.07) is 7.93. The maximum absolute atomic E-state index is 11.8. The van der Waals surface area contributed by atoms with Crippen molar-refractivity contribution in [2.75, 3.05) is 20.1 Å². The van der Waals surface area contributed by atoms with Gasteiger partial charge in [0, 0.05) is 20.1 Å². The third-order valence-electron chi connectivity index (χ3n) is 2.89. The first-order valence-corrected chi connectivity index (χ1v) is 6.21. The van der Waals surface area contributed by atoms with Gasteiger partial charge in [0.15, 0.2) is 0 Å². The zero-order valence-electron chi connectivity index (χ0n) is 11.3. The van der Waals surface area contributed by atoms with Crippen molar-refractivity contribution in [3.63, 3.8) is 0 Å². The topological polar surface area (TPSA) is 69.6 Å². The Hall–Kier alpha value is -1.88. The number of carboxylic acid groups (broad SMARTS) is 1. The summed E-state index contributed by atoms with van der Waals surface area (Å²) in [5.41, 5.74) is 2.27. The van der Waals surface area contributed by atoms with Crippen molar-refractivity contribution < 1.29 is 14.7 Å². The number of hydrogen-bond acceptors (Lipinski definition) is 3. The Balaban J connectivity index is 2.37. The molecule has 0 saturated carbocycles. The van der Waals surface area contributed by atoms with Crippen LogP contribution >= 0.6 is 0 Å². The van der Waals surface area contributed by atoms with Gasteiger partial charge in [0.05, 0.1) is 13.0 Å². The van der Waals surface area contributed by atoms with Crippen molar-refractivity contribution in [2.24, 2.45) is 0 Å². The molecule has 0 fully saturated rings. The van der Waals surface area contributed by atoms with Gasteiger partial charge in [-0.1, -0.05) is 24.3 Å². The van der Waals surface area contributed by atoms with E-state index in [0.29, 0.717) is 13.1 Å². The predicted molar refractivity (Wildman–Crippen MR) is 72.8 cm³/mol. The third-order valence-corrected chi connectivity index (χ3v) is 2.89. The van der Waals surface area contributed by atoms with Gasteiger partial charge < -0.3 is 15.3 Å². The molecule has 5 heteroatoms. The normalized spacial score (nSPS) is 10.2. The summed E-state index contributed by atoms with van der Waals surface area (Å²) in [5, 5.41) is 11.3. The highest BCUT2D eigenvalue weighted by Gasteiger charge is 2.09. The van der Waals surface area contributed by atoms with Crippen LogP contribution in [0.4, 0.5) is 0 Å². The number of carbonyl (C=O) groups excluding carboxylic acids is 1. The molecule has 104 valence electrons. The number of amides is 1. The van der Waals surface area contributed by atoms with Gasteiger partial charge >= 0.3 is 5.97 Å². The molecule has 2 N–H and O–H groups in total. The van der Waals surface area contributed by atoms with Gasteiger partial charge in [0.1, 0.15) is 0 Å². The SMILES string of the molecule is Cc1ccccc1CN(C)C(=O)CNCCC(=O)O. The Morgan fingerprint density at radius 1 is 1.32 bits per heavy atom. The molecule has 0 atom stereocenters. The zero-order valence-corrected chi connectivity index (χ0v) is 11.3. The lowest BCUT2D eigenvalue weighted by Crippen LogP contribution is -2.36. The summed E-state index contributed by atoms with van der Waals surface area (Å²) in [7, 11) is 1.74. The van der Waals surface area contributed by atoms with Gasteiger partial charge in [0.2, 0.25) is 5.91 Å². The molecule has 1 aromatic rings. The van der Waals surface area contributed by atoms with Crippen LogP contribution in [0.1, 0.15) is 17.5 Å². The Morgan fingerprint density at radius 2 is 2.00 bits per heavy atom. The second kappa shape index (κ2) is 7.53. The zero-order chi connectivity index (χ0) is 14.3. The van der Waals surface area contributed by atoms with Crippen molar-refractivity contribution in [2.45, 2.75) is 19.9 Å². The summed E-state index contributed by atoms with van der Waals surface area (Å²) >= 11 is 0. The lowest BCUT2D eigenvalue weighted by atomic mass is 10.1. The van der Waals surface area contributed by atoms with Crippen molar-refractivity contribution in [3.8, 4) is 0 Å². The summed E-state index contributed by atoms with van der Waals surface area (Å²) in [6.45, 7) is 3.04. The average molecular weight is 264 g/mol. The molecular formula is C14H20N2O3. The number of hydrogen-bond donors (Lipinski definition) is 2. The molecule has 1 amide bonds. The largest absolute Gasteiger partial charge is 0.481 e. The molecule has 0 spiro atoms. The van der Waals surface area contributed by atoms with Crippen LogP contribution in [0.2, 0.25) is 0 Å². The summed E-state index contributed by atoms with van der Waals surface area (Å²) in [6.07, 6.45) is 0.0226. The summed E-state index contributed by atoms with van der Waals surface area (Å²) in [4.78, 5) is 23.8. The molecule has 0 bridgehead atoms. The van der Waals surface area contributed by atoms with E-state index in [1.807, 2.05) is 31.2 Å². The molecule has 0 heterocycles. The van der Waals surface area contributed by atoms with Crippen LogP contribution in [-0.4, -0.2) is 42.0 Å². The monoisotopic (exact) mass is 264 g/mol. The quantitative estimate of drug-likeness (QED) is 0.721. The fraction of sp³-hybridized carbons (Fsp3) is 0.429. The summed E-state index contributed by atoms with van der Waals surface area (Å²) in [5.74, 6) is -0.915. The van der Waals surface area contributed by atoms with E-state index in [-0.39, 0.29) is 18.9 Å². The number of rotatable bonds is 7. The van der Waals surface area contributed by atoms with Crippen LogP contribution in [0.5, 0.6) is 0 Å². The summed E-state index contributed by atoms with van der Waals surface area (Å²) < 4.78 is 0. The number of carbonyl (C=O) groups is 2. The van der Waals surface area contributed by atoms with Crippen molar-refractivity contribution in [3.05, 3.63) is 35.4 Å². The molecule has 0 unspecified atom stereocenters. The Bertz CT molecular complexity index is 446. The predicted octanol–water partition coefficient (Wildman–Crippen LogP) is 1.02. The van der Waals surface area contributed by atoms with Crippen LogP contribution in [0.25, 0.3) is 0 Å². The minimum Gasteiger partial charge on any atom is -0.481 e. The number of nitrogens with zero attached hydrogens (tertiary/aromatic N) is 1. The smallest absolute Gasteiger partial charge is 0.304 e. The number of aryl methyl sites for hydroxylation is 1. The second-order valence-corrected chi connectivity index (χ2v) is 4.50. The standard InChI is InChI=1S/C14H20N2O3/c1-11-5-3-4-6-12(11)10-16(2)13(17)9-15-8-7-14(18)19/h3-6,15H,7-10H2,1-2H3,(H,18,19). The van der Waals surface area contributed by atoms with Crippen LogP contribution < -0.4 is 5.32 Å². The lowest BCUT2D eigenvalue weighted by molar-refractivity contribution is -0.137. The highest BCUT2D eigenvalue weighted by molar-refractivity contribution is 5.78. The molecule has 0 radical (unpaired) electrons. The van der Waals surface area contributed by atoms with E-state index < -0.39 is 5.97 Å². The average Bonchev–Trinajstić information content (AvgIpc) is 2.36. The Morgan fingerprint density at radius 3 is 2.63 bits per heavy atom. The molecule has 0 aliphatic carbocycles. The second-order valence-electron chi connectivity index (χ2n) is 4.50. The molecule has 1 aromatic carbocycles. The van der Waals surface area contributed by atoms with Gasteiger partial charge in [0.25, 0.3) is 0 Å². The fourth-order valence-electron chi connectivity index (χ4n) is 1.66. The van der Waals surface area contributed by atoms with Crippen LogP contribution in [0, 0.1) is 6.92 Å². The van der Waals surface area contributed by atoms with Gasteiger partial charge in [-0.05, 0) is 18.1 Å². The highest BCUT2D eigenvalue weighted by Crippen LogP contribution is 2.09. The maximum atomic E-state index is 11.8. The first-order chi connectivity index (χ1) is 9.00. The number of nitrogens with one attached hydrogen (secondary N) is 1. The Kier molecular flexibility index (Phi) is 6.02. The number of likely N-dealkylation sites (N-methyl/N-ethyl adjacent to an activating group) is 1. The molecule has 0 aromatic heterocycles. The van der Waals surface area contributed by atoms with Crippen molar-refractivity contribution >= 4 is 11.9 Å². The molecular weight excluding hydrogens is 244 g/mol. The lowest BCUT2D eigenvalue weighted by Gasteiger charge is -2.18. The van der Waals surface area contributed by atoms with Gasteiger partial charge in [-0.15, -0.1) is 0 Å². The number of aliphatic carboxylic acids is 1. The van der Waals surface area contributed by atoms with E-state index in [4.69, 9.17) is 5.11 Å². The Labute approximate surface area is 113 Å². The van der Waals surface area contributed by atoms with E-state index in [2.05, 4.69) is 5.32 Å². The van der Waals surface area contributed by atoms with Crippen LogP contribution in [0.15, 0.2) is 24.3 Å². The first-order valence-electron chi connectivity index (χ1n) is 6.21. The number of carboxylic acids is 1. The molecule has 1 rings (SSSR count). The van der Waals surface area contributed by atoms with Crippen LogP contribution in [0.3, 0.4) is 0 Å². The van der Waals surface area contributed by atoms with E-state index in [9.17, 15) is 9.59 Å². The molecule has 0 aliphatic heterocycles. The maximum Gasteiger partial charge on any atom is 0.304 e. The molecule has 0 saturated heterocycles. The van der Waals surface area contributed by atoms with Gasteiger partial charge in [-0.3, -0.25) is 9.59 Å². The van der Waals surface area contributed by atoms with E-state index in [1.54, 1.807) is 11.9 Å². The van der Waals surface area contributed by atoms with Gasteiger partial charge in [-0.2, -0.15) is 0 Å². The van der Waals surface area contributed by atoms with Crippen LogP contribution in [-0.2, 0) is 16.1 Å². The minimum absolute atomic E-state index is 0.0226. The molecule has 19 heavy (non-hydrogen) atoms. The van der Waals surface area contributed by atoms with Gasteiger partial charge in [-0.25, -0.2) is 0 Å². The minimum atomic E-state index is -0.867. The fourth-order valence-corrected chi connectivity index (χ4v) is 1.66. The van der Waals surface area contributed by atoms with Crippen molar-refractivity contribution in [1.82, 2.24) is 10.2 Å². The molecule has 0 aliphatic rings. The van der Waals surface area contributed by atoms with E-state index in [1.165, 1.54) is 0 Å². The molecule has 5 nitrogen and oxygen atoms in total. The van der Waals surface area contributed by atoms with E-state index >= 15 is 0 Å². The van der Waals surface area contributed by atoms with E-state index in [0.717, 1.165) is 11.1 Å². The first kappa shape index (κ1) is 15.2. The van der Waals surface area contributed by atoms with Crippen molar-refractivity contribution in [1.29, 1.82) is 0 Å². The number of benzene rings is 1. The highest BCUT2D eigenvalue weighted by atomic mass is 16.4.